The average Bonchev–Trinajstić information content (AvgIpc) is 2.49. The van der Waals surface area contributed by atoms with E-state index in [1.165, 1.54) is 16.8 Å². The van der Waals surface area contributed by atoms with Crippen molar-refractivity contribution in [2.24, 2.45) is 0 Å². The van der Waals surface area contributed by atoms with Gasteiger partial charge in [0.15, 0.2) is 0 Å². The van der Waals surface area contributed by atoms with Crippen molar-refractivity contribution in [3.8, 4) is 0 Å². The number of carboxylic acids is 1. The van der Waals surface area contributed by atoms with Gasteiger partial charge in [-0.3, -0.25) is 9.59 Å². The fraction of sp³-hybridized carbons (Fsp3) is 0.529. The smallest absolute Gasteiger partial charge is 0.303 e. The van der Waals surface area contributed by atoms with Crippen LogP contribution in [0.5, 0.6) is 0 Å². The summed E-state index contributed by atoms with van der Waals surface area (Å²) in [4.78, 5) is 26.7. The van der Waals surface area contributed by atoms with E-state index in [1.54, 1.807) is 0 Å². The Morgan fingerprint density at radius 3 is 2.41 bits per heavy atom. The molecule has 22 heavy (non-hydrogen) atoms. The third-order valence-electron chi connectivity index (χ3n) is 4.12. The number of carbonyl (C=O) groups excluding carboxylic acids is 1. The van der Waals surface area contributed by atoms with Gasteiger partial charge in [-0.05, 0) is 37.5 Å². The van der Waals surface area contributed by atoms with Gasteiger partial charge < -0.3 is 14.9 Å². The second-order valence-electron chi connectivity index (χ2n) is 5.91. The van der Waals surface area contributed by atoms with Crippen LogP contribution >= 0.6 is 0 Å². The standard InChI is InChI=1S/C17H24N2O3/c1-13-6-7-14(2)15(12-13)18-8-10-19(11-9-18)16(20)4-3-5-17(21)22/h6-7,12H,3-5,8-11H2,1-2H3,(H,21,22). The summed E-state index contributed by atoms with van der Waals surface area (Å²) >= 11 is 0. The SMILES string of the molecule is Cc1ccc(C)c(N2CCN(C(=O)CCCC(=O)O)CC2)c1. The zero-order valence-electron chi connectivity index (χ0n) is 13.3. The number of carbonyl (C=O) groups is 2. The molecule has 1 amide bonds. The van der Waals surface area contributed by atoms with Crippen LogP contribution in [0.15, 0.2) is 18.2 Å². The molecule has 1 N–H and O–H groups in total. The third kappa shape index (κ3) is 4.23. The number of hydrogen-bond acceptors (Lipinski definition) is 3. The molecule has 1 heterocycles. The van der Waals surface area contributed by atoms with Gasteiger partial charge in [-0.1, -0.05) is 12.1 Å². The molecular formula is C17H24N2O3. The monoisotopic (exact) mass is 304 g/mol. The van der Waals surface area contributed by atoms with Crippen LogP contribution in [0.3, 0.4) is 0 Å². The first-order valence-corrected chi connectivity index (χ1v) is 7.79. The number of piperazine rings is 1. The number of aliphatic carboxylic acids is 1. The molecule has 0 unspecified atom stereocenters. The molecule has 0 spiro atoms. The molecular weight excluding hydrogens is 280 g/mol. The van der Waals surface area contributed by atoms with Crippen LogP contribution in [0.4, 0.5) is 5.69 Å². The number of nitrogens with zero attached hydrogens (tertiary/aromatic N) is 2. The zero-order valence-corrected chi connectivity index (χ0v) is 13.3. The van der Waals surface area contributed by atoms with Gasteiger partial charge in [0.25, 0.3) is 0 Å². The lowest BCUT2D eigenvalue weighted by Gasteiger charge is -2.37. The average molecular weight is 304 g/mol. The highest BCUT2D eigenvalue weighted by atomic mass is 16.4. The molecule has 2 rings (SSSR count). The fourth-order valence-electron chi connectivity index (χ4n) is 2.81. The van der Waals surface area contributed by atoms with Crippen LogP contribution in [-0.2, 0) is 9.59 Å². The van der Waals surface area contributed by atoms with E-state index >= 15 is 0 Å². The molecule has 0 aliphatic carbocycles. The van der Waals surface area contributed by atoms with E-state index in [0.29, 0.717) is 25.9 Å². The molecule has 0 bridgehead atoms. The van der Waals surface area contributed by atoms with Crippen molar-refractivity contribution in [2.45, 2.75) is 33.1 Å². The Bertz CT molecular complexity index is 549. The first-order valence-electron chi connectivity index (χ1n) is 7.79. The summed E-state index contributed by atoms with van der Waals surface area (Å²) < 4.78 is 0. The molecule has 120 valence electrons. The highest BCUT2D eigenvalue weighted by molar-refractivity contribution is 5.77. The van der Waals surface area contributed by atoms with Crippen LogP contribution in [-0.4, -0.2) is 48.1 Å². The van der Waals surface area contributed by atoms with E-state index in [2.05, 4.69) is 36.9 Å². The van der Waals surface area contributed by atoms with Crippen molar-refractivity contribution in [1.82, 2.24) is 4.90 Å². The number of hydrogen-bond donors (Lipinski definition) is 1. The summed E-state index contributed by atoms with van der Waals surface area (Å²) in [6.45, 7) is 7.27. The Hall–Kier alpha value is -2.04. The van der Waals surface area contributed by atoms with Crippen LogP contribution < -0.4 is 4.90 Å². The van der Waals surface area contributed by atoms with E-state index in [-0.39, 0.29) is 12.3 Å². The lowest BCUT2D eigenvalue weighted by Crippen LogP contribution is -2.49. The topological polar surface area (TPSA) is 60.9 Å². The number of rotatable bonds is 5. The molecule has 1 fully saturated rings. The largest absolute Gasteiger partial charge is 0.481 e. The fourth-order valence-corrected chi connectivity index (χ4v) is 2.81. The summed E-state index contributed by atoms with van der Waals surface area (Å²) in [7, 11) is 0. The molecule has 1 aromatic rings. The second kappa shape index (κ2) is 7.29. The van der Waals surface area contributed by atoms with Crippen molar-refractivity contribution in [3.63, 3.8) is 0 Å². The Labute approximate surface area is 131 Å². The quantitative estimate of drug-likeness (QED) is 0.906. The van der Waals surface area contributed by atoms with E-state index in [9.17, 15) is 9.59 Å². The molecule has 0 aromatic heterocycles. The van der Waals surface area contributed by atoms with Gasteiger partial charge >= 0.3 is 5.97 Å². The van der Waals surface area contributed by atoms with Crippen molar-refractivity contribution >= 4 is 17.6 Å². The van der Waals surface area contributed by atoms with Gasteiger partial charge in [0, 0.05) is 44.7 Å². The highest BCUT2D eigenvalue weighted by Gasteiger charge is 2.21. The minimum atomic E-state index is -0.840. The van der Waals surface area contributed by atoms with Crippen LogP contribution in [0.2, 0.25) is 0 Å². The molecule has 5 heteroatoms. The number of benzene rings is 1. The van der Waals surface area contributed by atoms with E-state index in [4.69, 9.17) is 5.11 Å². The minimum absolute atomic E-state index is 0.0637. The van der Waals surface area contributed by atoms with E-state index in [1.807, 2.05) is 4.90 Å². The maximum Gasteiger partial charge on any atom is 0.303 e. The summed E-state index contributed by atoms with van der Waals surface area (Å²) in [5.41, 5.74) is 3.75. The lowest BCUT2D eigenvalue weighted by atomic mass is 10.1. The lowest BCUT2D eigenvalue weighted by molar-refractivity contribution is -0.137. The molecule has 1 aliphatic rings. The van der Waals surface area contributed by atoms with Crippen molar-refractivity contribution in [2.75, 3.05) is 31.1 Å². The van der Waals surface area contributed by atoms with Crippen molar-refractivity contribution in [1.29, 1.82) is 0 Å². The van der Waals surface area contributed by atoms with Crippen molar-refractivity contribution < 1.29 is 14.7 Å². The van der Waals surface area contributed by atoms with Crippen LogP contribution in [0.25, 0.3) is 0 Å². The maximum absolute atomic E-state index is 12.1. The van der Waals surface area contributed by atoms with Gasteiger partial charge in [-0.25, -0.2) is 0 Å². The molecule has 0 radical (unpaired) electrons. The summed E-state index contributed by atoms with van der Waals surface area (Å²) in [5.74, 6) is -0.769. The molecule has 1 saturated heterocycles. The molecule has 1 aliphatic heterocycles. The number of amides is 1. The Balaban J connectivity index is 1.86. The Morgan fingerprint density at radius 2 is 1.77 bits per heavy atom. The number of anilines is 1. The van der Waals surface area contributed by atoms with Crippen LogP contribution in [0.1, 0.15) is 30.4 Å². The molecule has 0 saturated carbocycles. The maximum atomic E-state index is 12.1. The van der Waals surface area contributed by atoms with Crippen LogP contribution in [0, 0.1) is 13.8 Å². The summed E-state index contributed by atoms with van der Waals surface area (Å²) in [6, 6.07) is 6.44. The Morgan fingerprint density at radius 1 is 1.09 bits per heavy atom. The van der Waals surface area contributed by atoms with Crippen molar-refractivity contribution in [3.05, 3.63) is 29.3 Å². The van der Waals surface area contributed by atoms with Gasteiger partial charge in [0.1, 0.15) is 0 Å². The second-order valence-corrected chi connectivity index (χ2v) is 5.91. The molecule has 5 nitrogen and oxygen atoms in total. The minimum Gasteiger partial charge on any atom is -0.481 e. The Kier molecular flexibility index (Phi) is 5.41. The predicted octanol–water partition coefficient (Wildman–Crippen LogP) is 2.21. The predicted molar refractivity (Wildman–Crippen MR) is 86.2 cm³/mol. The third-order valence-corrected chi connectivity index (χ3v) is 4.12. The molecule has 1 aromatic carbocycles. The van der Waals surface area contributed by atoms with Gasteiger partial charge in [-0.15, -0.1) is 0 Å². The summed E-state index contributed by atoms with van der Waals surface area (Å²) in [6.07, 6.45) is 0.815. The van der Waals surface area contributed by atoms with E-state index in [0.717, 1.165) is 13.1 Å². The zero-order chi connectivity index (χ0) is 16.1. The van der Waals surface area contributed by atoms with Gasteiger partial charge in [0.05, 0.1) is 0 Å². The highest BCUT2D eigenvalue weighted by Crippen LogP contribution is 2.23. The van der Waals surface area contributed by atoms with Gasteiger partial charge in [0.2, 0.25) is 5.91 Å². The first-order chi connectivity index (χ1) is 10.5. The van der Waals surface area contributed by atoms with Gasteiger partial charge in [-0.2, -0.15) is 0 Å². The molecule has 0 atom stereocenters. The number of aryl methyl sites for hydroxylation is 2. The van der Waals surface area contributed by atoms with E-state index < -0.39 is 5.97 Å². The normalized spacial score (nSPS) is 15.0. The summed E-state index contributed by atoms with van der Waals surface area (Å²) in [5, 5.41) is 8.61. The number of carboxylic acid groups (broad SMARTS) is 1. The first kappa shape index (κ1) is 16.3.